The molecule has 1 heterocycles. The van der Waals surface area contributed by atoms with Gasteiger partial charge in [0.1, 0.15) is 29.8 Å². The molecule has 0 aliphatic heterocycles. The number of hydrogen-bond donors (Lipinski definition) is 1. The first kappa shape index (κ1) is 34.8. The van der Waals surface area contributed by atoms with Gasteiger partial charge < -0.3 is 14.6 Å². The summed E-state index contributed by atoms with van der Waals surface area (Å²) in [7, 11) is -5.33. The summed E-state index contributed by atoms with van der Waals surface area (Å²) in [6.07, 6.45) is -5.41. The van der Waals surface area contributed by atoms with Gasteiger partial charge in [-0.1, -0.05) is 37.8 Å². The zero-order valence-corrected chi connectivity index (χ0v) is 26.6. The lowest BCUT2D eigenvalue weighted by Gasteiger charge is -2.26. The molecule has 0 saturated heterocycles. The number of carboxylic acids is 1. The standard InChI is InChI=1S/C28H34F3N3O8SSi/c1-19(44(3,4)5)41-18-34-25(35)23(28(29,30)31)17-33(27(34)38)16-15-24(26(36)37)32(2)43(39,40)22-13-11-21(12-14-22)42-20-9-7-6-8-10-20/h6-14,17,19,24H,15-16,18H2,1-5H3,(H,36,37). The molecule has 1 aromatic heterocycles. The van der Waals surface area contributed by atoms with Gasteiger partial charge in [-0.15, -0.1) is 0 Å². The third-order valence-corrected chi connectivity index (χ3v) is 11.5. The van der Waals surface area contributed by atoms with Gasteiger partial charge in [0.15, 0.2) is 0 Å². The van der Waals surface area contributed by atoms with E-state index in [1.165, 1.54) is 24.3 Å². The van der Waals surface area contributed by atoms with Crippen LogP contribution in [0.15, 0.2) is 75.3 Å². The number of carbonyl (C=O) groups is 1. The van der Waals surface area contributed by atoms with Crippen LogP contribution in [-0.4, -0.2) is 59.8 Å². The molecule has 0 radical (unpaired) electrons. The van der Waals surface area contributed by atoms with Crippen molar-refractivity contribution in [2.45, 2.75) is 69.1 Å². The smallest absolute Gasteiger partial charge is 0.423 e. The van der Waals surface area contributed by atoms with E-state index >= 15 is 0 Å². The topological polar surface area (TPSA) is 137 Å². The van der Waals surface area contributed by atoms with Gasteiger partial charge in [0.2, 0.25) is 10.0 Å². The zero-order valence-electron chi connectivity index (χ0n) is 24.7. The number of alkyl halides is 3. The molecule has 11 nitrogen and oxygen atoms in total. The minimum Gasteiger partial charge on any atom is -0.480 e. The normalized spacial score (nSPS) is 13.9. The Bertz CT molecular complexity index is 1690. The van der Waals surface area contributed by atoms with Gasteiger partial charge in [0, 0.05) is 25.5 Å². The Kier molecular flexibility index (Phi) is 10.7. The predicted octanol–water partition coefficient (Wildman–Crippen LogP) is 4.23. The van der Waals surface area contributed by atoms with Crippen molar-refractivity contribution >= 4 is 24.1 Å². The van der Waals surface area contributed by atoms with Crippen molar-refractivity contribution in [3.05, 3.63) is 87.2 Å². The number of rotatable bonds is 13. The van der Waals surface area contributed by atoms with Crippen molar-refractivity contribution in [2.24, 2.45) is 0 Å². The Morgan fingerprint density at radius 2 is 1.59 bits per heavy atom. The summed E-state index contributed by atoms with van der Waals surface area (Å²) in [5.41, 5.74) is -4.82. The highest BCUT2D eigenvalue weighted by molar-refractivity contribution is 7.89. The third-order valence-electron chi connectivity index (χ3n) is 7.06. The second-order valence-electron chi connectivity index (χ2n) is 11.1. The van der Waals surface area contributed by atoms with E-state index in [2.05, 4.69) is 0 Å². The Balaban J connectivity index is 1.87. The minimum atomic E-state index is -5.12. The largest absolute Gasteiger partial charge is 0.480 e. The number of ether oxygens (including phenoxy) is 2. The quantitative estimate of drug-likeness (QED) is 0.270. The van der Waals surface area contributed by atoms with Crippen LogP contribution >= 0.6 is 0 Å². The summed E-state index contributed by atoms with van der Waals surface area (Å²) in [4.78, 5) is 37.5. The number of nitrogens with zero attached hydrogens (tertiary/aromatic N) is 3. The lowest BCUT2D eigenvalue weighted by atomic mass is 10.2. The fourth-order valence-electron chi connectivity index (χ4n) is 3.92. The molecule has 16 heteroatoms. The first-order valence-electron chi connectivity index (χ1n) is 13.4. The Morgan fingerprint density at radius 1 is 1.02 bits per heavy atom. The van der Waals surface area contributed by atoms with Gasteiger partial charge in [0.25, 0.3) is 5.56 Å². The highest BCUT2D eigenvalue weighted by Gasteiger charge is 2.37. The summed E-state index contributed by atoms with van der Waals surface area (Å²) >= 11 is 0. The molecule has 2 unspecified atom stereocenters. The van der Waals surface area contributed by atoms with Gasteiger partial charge >= 0.3 is 17.8 Å². The Hall–Kier alpha value is -3.73. The zero-order chi connectivity index (χ0) is 33.0. The van der Waals surface area contributed by atoms with Gasteiger partial charge in [-0.25, -0.2) is 17.8 Å². The molecule has 2 atom stereocenters. The molecule has 3 aromatic rings. The summed E-state index contributed by atoms with van der Waals surface area (Å²) in [5, 5.41) is 9.85. The first-order valence-corrected chi connectivity index (χ1v) is 18.4. The highest BCUT2D eigenvalue weighted by atomic mass is 32.2. The number of aliphatic carboxylic acids is 1. The summed E-state index contributed by atoms with van der Waals surface area (Å²) in [6, 6.07) is 12.1. The molecule has 0 spiro atoms. The molecular weight excluding hydrogens is 623 g/mol. The number of likely N-dealkylation sites (N-methyl/N-ethyl adjacent to an activating group) is 1. The van der Waals surface area contributed by atoms with E-state index in [9.17, 15) is 41.1 Å². The number of benzene rings is 2. The van der Waals surface area contributed by atoms with Crippen LogP contribution < -0.4 is 16.0 Å². The van der Waals surface area contributed by atoms with Gasteiger partial charge in [-0.05, 0) is 49.7 Å². The second-order valence-corrected chi connectivity index (χ2v) is 18.6. The van der Waals surface area contributed by atoms with Gasteiger partial charge in [0.05, 0.1) is 13.0 Å². The predicted molar refractivity (Wildman–Crippen MR) is 158 cm³/mol. The minimum absolute atomic E-state index is 0.259. The van der Waals surface area contributed by atoms with E-state index in [4.69, 9.17) is 9.47 Å². The van der Waals surface area contributed by atoms with E-state index in [-0.39, 0.29) is 4.90 Å². The molecule has 2 aromatic carbocycles. The van der Waals surface area contributed by atoms with Crippen LogP contribution in [0.25, 0.3) is 0 Å². The molecule has 44 heavy (non-hydrogen) atoms. The number of hydrogen-bond acceptors (Lipinski definition) is 7. The molecular formula is C28H34F3N3O8SSi. The van der Waals surface area contributed by atoms with Crippen LogP contribution in [0.4, 0.5) is 13.2 Å². The molecule has 0 bridgehead atoms. The number of aryl methyl sites for hydroxylation is 1. The van der Waals surface area contributed by atoms with E-state index in [1.807, 2.05) is 19.6 Å². The maximum absolute atomic E-state index is 13.7. The fourth-order valence-corrected chi connectivity index (χ4v) is 5.84. The number of carboxylic acid groups (broad SMARTS) is 1. The van der Waals surface area contributed by atoms with Crippen LogP contribution in [0, 0.1) is 0 Å². The molecule has 0 aliphatic carbocycles. The SMILES string of the molecule is CC(OCn1c(=O)c(C(F)(F)F)cn(CCC(C(=O)O)N(C)S(=O)(=O)c2ccc(Oc3ccccc3)cc2)c1=O)[Si](C)(C)C. The van der Waals surface area contributed by atoms with Crippen molar-refractivity contribution in [3.8, 4) is 11.5 Å². The van der Waals surface area contributed by atoms with Crippen molar-refractivity contribution in [2.75, 3.05) is 7.05 Å². The van der Waals surface area contributed by atoms with Crippen LogP contribution in [0.3, 0.4) is 0 Å². The van der Waals surface area contributed by atoms with E-state index < -0.39 is 78.5 Å². The molecule has 0 saturated carbocycles. The van der Waals surface area contributed by atoms with Crippen LogP contribution in [0.5, 0.6) is 11.5 Å². The average Bonchev–Trinajstić information content (AvgIpc) is 2.93. The van der Waals surface area contributed by atoms with Crippen LogP contribution in [0.1, 0.15) is 18.9 Å². The fraction of sp³-hybridized carbons (Fsp3) is 0.393. The molecule has 0 amide bonds. The van der Waals surface area contributed by atoms with Crippen molar-refractivity contribution < 1.29 is 41.0 Å². The number of sulfonamides is 1. The lowest BCUT2D eigenvalue weighted by Crippen LogP contribution is -2.47. The van der Waals surface area contributed by atoms with Crippen LogP contribution in [0.2, 0.25) is 19.6 Å². The van der Waals surface area contributed by atoms with Crippen molar-refractivity contribution in [1.82, 2.24) is 13.4 Å². The summed E-state index contributed by atoms with van der Waals surface area (Å²) < 4.78 is 80.4. The van der Waals surface area contributed by atoms with Gasteiger partial charge in [-0.3, -0.25) is 14.2 Å². The monoisotopic (exact) mass is 657 g/mol. The molecule has 0 aliphatic rings. The molecule has 240 valence electrons. The number of halogens is 3. The maximum atomic E-state index is 13.7. The molecule has 0 fully saturated rings. The second kappa shape index (κ2) is 13.5. The van der Waals surface area contributed by atoms with E-state index in [0.717, 1.165) is 7.05 Å². The van der Waals surface area contributed by atoms with E-state index in [1.54, 1.807) is 37.3 Å². The first-order chi connectivity index (χ1) is 20.3. The molecule has 3 rings (SSSR count). The highest BCUT2D eigenvalue weighted by Crippen LogP contribution is 2.27. The summed E-state index contributed by atoms with van der Waals surface area (Å²) in [6.45, 7) is 6.12. The Labute approximate surface area is 253 Å². The van der Waals surface area contributed by atoms with Crippen molar-refractivity contribution in [1.29, 1.82) is 0 Å². The van der Waals surface area contributed by atoms with Crippen molar-refractivity contribution in [3.63, 3.8) is 0 Å². The van der Waals surface area contributed by atoms with E-state index in [0.29, 0.717) is 31.1 Å². The molecule has 1 N–H and O–H groups in total. The number of aromatic nitrogens is 2. The Morgan fingerprint density at radius 3 is 2.11 bits per heavy atom. The average molecular weight is 658 g/mol. The lowest BCUT2D eigenvalue weighted by molar-refractivity contribution is -0.142. The number of para-hydroxylation sites is 1. The summed E-state index contributed by atoms with van der Waals surface area (Å²) in [5.74, 6) is -0.755. The van der Waals surface area contributed by atoms with Gasteiger partial charge in [-0.2, -0.15) is 17.5 Å². The third kappa shape index (κ3) is 8.25. The van der Waals surface area contributed by atoms with Crippen LogP contribution in [-0.2, 0) is 39.0 Å². The maximum Gasteiger partial charge on any atom is 0.423 e.